The van der Waals surface area contributed by atoms with E-state index in [-0.39, 0.29) is 22.7 Å². The molecule has 1 N–H and O–H groups in total. The highest BCUT2D eigenvalue weighted by Gasteiger charge is 2.23. The molecule has 11 heteroatoms. The van der Waals surface area contributed by atoms with Crippen LogP contribution in [0.15, 0.2) is 42.5 Å². The molecule has 1 aromatic heterocycles. The molecule has 11 nitrogen and oxygen atoms in total. The van der Waals surface area contributed by atoms with Gasteiger partial charge in [0, 0.05) is 17.4 Å². The summed E-state index contributed by atoms with van der Waals surface area (Å²) in [5, 5.41) is 23.8. The van der Waals surface area contributed by atoms with Crippen LogP contribution in [0.4, 0.5) is 11.5 Å². The quantitative estimate of drug-likeness (QED) is 0.293. The molecule has 0 unspecified atom stereocenters. The minimum atomic E-state index is -0.744. The maximum atomic E-state index is 12.7. The summed E-state index contributed by atoms with van der Waals surface area (Å²) < 4.78 is 16.8. The fourth-order valence-electron chi connectivity index (χ4n) is 3.45. The standard InChI is InChI=1S/C24H22N4O7/c1-14-15(2)27(17-6-8-18(33-3)9-7-17)23(19(14)12-25)26-22(29)13-35-21-10-5-16(24(30)34-4)11-20(21)28(31)32/h5-11H,13H2,1-4H3,(H,26,29). The predicted octanol–water partition coefficient (Wildman–Crippen LogP) is 3.69. The average Bonchev–Trinajstić information content (AvgIpc) is 3.10. The number of hydrogen-bond acceptors (Lipinski definition) is 8. The Labute approximate surface area is 200 Å². The second-order valence-electron chi connectivity index (χ2n) is 7.35. The van der Waals surface area contributed by atoms with Crippen LogP contribution in [0.3, 0.4) is 0 Å². The number of hydrogen-bond donors (Lipinski definition) is 1. The normalized spacial score (nSPS) is 10.3. The predicted molar refractivity (Wildman–Crippen MR) is 125 cm³/mol. The van der Waals surface area contributed by atoms with Crippen molar-refractivity contribution in [2.24, 2.45) is 0 Å². The van der Waals surface area contributed by atoms with Crippen molar-refractivity contribution in [3.05, 3.63) is 75.0 Å². The van der Waals surface area contributed by atoms with Crippen LogP contribution in [0.25, 0.3) is 5.69 Å². The summed E-state index contributed by atoms with van der Waals surface area (Å²) in [5.41, 5.74) is 1.88. The zero-order valence-corrected chi connectivity index (χ0v) is 19.4. The first kappa shape index (κ1) is 24.8. The Kier molecular flexibility index (Phi) is 7.36. The lowest BCUT2D eigenvalue weighted by molar-refractivity contribution is -0.385. The zero-order chi connectivity index (χ0) is 25.7. The van der Waals surface area contributed by atoms with Gasteiger partial charge in [-0.2, -0.15) is 5.26 Å². The lowest BCUT2D eigenvalue weighted by Gasteiger charge is -2.14. The number of carbonyl (C=O) groups excluding carboxylic acids is 2. The first-order valence-corrected chi connectivity index (χ1v) is 10.3. The van der Waals surface area contributed by atoms with Crippen molar-refractivity contribution in [2.45, 2.75) is 13.8 Å². The molecule has 0 atom stereocenters. The molecule has 180 valence electrons. The number of ether oxygens (including phenoxy) is 3. The van der Waals surface area contributed by atoms with Gasteiger partial charge in [0.05, 0.1) is 30.3 Å². The molecule has 1 amide bonds. The number of nitro benzene ring substituents is 1. The number of anilines is 1. The highest BCUT2D eigenvalue weighted by molar-refractivity contribution is 5.94. The molecular formula is C24H22N4O7. The van der Waals surface area contributed by atoms with Crippen molar-refractivity contribution in [1.82, 2.24) is 4.57 Å². The Morgan fingerprint density at radius 3 is 2.40 bits per heavy atom. The lowest BCUT2D eigenvalue weighted by atomic mass is 10.2. The highest BCUT2D eigenvalue weighted by atomic mass is 16.6. The van der Waals surface area contributed by atoms with E-state index in [2.05, 4.69) is 16.1 Å². The Morgan fingerprint density at radius 2 is 1.83 bits per heavy atom. The highest BCUT2D eigenvalue weighted by Crippen LogP contribution is 2.31. The molecule has 0 aliphatic heterocycles. The summed E-state index contributed by atoms with van der Waals surface area (Å²) in [4.78, 5) is 35.1. The number of nitriles is 1. The fraction of sp³-hybridized carbons (Fsp3) is 0.208. The van der Waals surface area contributed by atoms with Crippen molar-refractivity contribution in [1.29, 1.82) is 5.26 Å². The van der Waals surface area contributed by atoms with Crippen LogP contribution in [0.2, 0.25) is 0 Å². The average molecular weight is 478 g/mol. The summed E-state index contributed by atoms with van der Waals surface area (Å²) in [6.45, 7) is 3.01. The van der Waals surface area contributed by atoms with Crippen LogP contribution >= 0.6 is 0 Å². The van der Waals surface area contributed by atoms with E-state index < -0.39 is 29.1 Å². The van der Waals surface area contributed by atoms with Gasteiger partial charge in [0.2, 0.25) is 0 Å². The van der Waals surface area contributed by atoms with Crippen LogP contribution in [0.5, 0.6) is 11.5 Å². The van der Waals surface area contributed by atoms with Gasteiger partial charge >= 0.3 is 11.7 Å². The second-order valence-corrected chi connectivity index (χ2v) is 7.35. The maximum Gasteiger partial charge on any atom is 0.338 e. The molecule has 0 bridgehead atoms. The summed E-state index contributed by atoms with van der Waals surface area (Å²) >= 11 is 0. The molecule has 0 radical (unpaired) electrons. The van der Waals surface area contributed by atoms with Gasteiger partial charge in [-0.25, -0.2) is 4.79 Å². The van der Waals surface area contributed by atoms with Crippen molar-refractivity contribution in [3.8, 4) is 23.3 Å². The van der Waals surface area contributed by atoms with E-state index in [1.54, 1.807) is 42.9 Å². The van der Waals surface area contributed by atoms with Crippen LogP contribution < -0.4 is 14.8 Å². The number of nitrogens with zero attached hydrogens (tertiary/aromatic N) is 3. The van der Waals surface area contributed by atoms with Gasteiger partial charge in [0.25, 0.3) is 5.91 Å². The molecule has 0 saturated carbocycles. The van der Waals surface area contributed by atoms with Crippen molar-refractivity contribution < 1.29 is 28.7 Å². The van der Waals surface area contributed by atoms with Gasteiger partial charge < -0.3 is 19.5 Å². The second kappa shape index (κ2) is 10.4. The summed E-state index contributed by atoms with van der Waals surface area (Å²) in [5.74, 6) is -0.686. The monoisotopic (exact) mass is 478 g/mol. The van der Waals surface area contributed by atoms with E-state index in [0.29, 0.717) is 17.0 Å². The van der Waals surface area contributed by atoms with Gasteiger partial charge in [-0.3, -0.25) is 19.5 Å². The smallest absolute Gasteiger partial charge is 0.338 e. The zero-order valence-electron chi connectivity index (χ0n) is 19.4. The molecule has 0 saturated heterocycles. The van der Waals surface area contributed by atoms with Gasteiger partial charge in [0.1, 0.15) is 17.6 Å². The van der Waals surface area contributed by atoms with E-state index >= 15 is 0 Å². The van der Waals surface area contributed by atoms with E-state index in [0.717, 1.165) is 18.9 Å². The van der Waals surface area contributed by atoms with E-state index in [1.807, 2.05) is 6.92 Å². The van der Waals surface area contributed by atoms with Gasteiger partial charge in [-0.05, 0) is 55.8 Å². The van der Waals surface area contributed by atoms with Crippen LogP contribution in [0, 0.1) is 35.3 Å². The van der Waals surface area contributed by atoms with Crippen molar-refractivity contribution in [2.75, 3.05) is 26.1 Å². The maximum absolute atomic E-state index is 12.7. The number of aromatic nitrogens is 1. The first-order chi connectivity index (χ1) is 16.7. The van der Waals surface area contributed by atoms with Crippen LogP contribution in [-0.4, -0.2) is 42.2 Å². The fourth-order valence-corrected chi connectivity index (χ4v) is 3.45. The summed E-state index contributed by atoms with van der Waals surface area (Å²) in [6, 6.07) is 12.7. The van der Waals surface area contributed by atoms with Gasteiger partial charge in [-0.1, -0.05) is 0 Å². The van der Waals surface area contributed by atoms with E-state index in [1.165, 1.54) is 12.1 Å². The molecule has 0 aliphatic carbocycles. The van der Waals surface area contributed by atoms with Crippen molar-refractivity contribution >= 4 is 23.4 Å². The molecule has 0 spiro atoms. The molecular weight excluding hydrogens is 456 g/mol. The van der Waals surface area contributed by atoms with Gasteiger partial charge in [0.15, 0.2) is 12.4 Å². The minimum absolute atomic E-state index is 0.0297. The number of benzene rings is 2. The molecule has 35 heavy (non-hydrogen) atoms. The number of esters is 1. The Hall–Kier alpha value is -4.85. The van der Waals surface area contributed by atoms with Gasteiger partial charge in [-0.15, -0.1) is 0 Å². The third kappa shape index (κ3) is 5.06. The number of methoxy groups -OCH3 is 2. The number of nitro groups is 1. The Balaban J connectivity index is 1.87. The van der Waals surface area contributed by atoms with E-state index in [4.69, 9.17) is 9.47 Å². The number of rotatable bonds is 8. The molecule has 0 fully saturated rings. The third-order valence-electron chi connectivity index (χ3n) is 5.35. The SMILES string of the molecule is COC(=O)c1ccc(OCC(=O)Nc2c(C#N)c(C)c(C)n2-c2ccc(OC)cc2)c([N+](=O)[O-])c1. The largest absolute Gasteiger partial charge is 0.497 e. The van der Waals surface area contributed by atoms with Crippen LogP contribution in [0.1, 0.15) is 27.2 Å². The minimum Gasteiger partial charge on any atom is -0.497 e. The first-order valence-electron chi connectivity index (χ1n) is 10.3. The van der Waals surface area contributed by atoms with Crippen LogP contribution in [-0.2, 0) is 9.53 Å². The molecule has 0 aliphatic rings. The van der Waals surface area contributed by atoms with Crippen molar-refractivity contribution in [3.63, 3.8) is 0 Å². The molecule has 2 aromatic carbocycles. The Bertz CT molecular complexity index is 1340. The number of amides is 1. The van der Waals surface area contributed by atoms with E-state index in [9.17, 15) is 25.0 Å². The molecule has 1 heterocycles. The molecule has 3 rings (SSSR count). The molecule has 3 aromatic rings. The number of carbonyl (C=O) groups is 2. The summed E-state index contributed by atoms with van der Waals surface area (Å²) in [7, 11) is 2.70. The summed E-state index contributed by atoms with van der Waals surface area (Å²) in [6.07, 6.45) is 0. The third-order valence-corrected chi connectivity index (χ3v) is 5.35. The Morgan fingerprint density at radius 1 is 1.14 bits per heavy atom. The topological polar surface area (TPSA) is 146 Å². The number of nitrogens with one attached hydrogen (secondary N) is 1. The lowest BCUT2D eigenvalue weighted by Crippen LogP contribution is -2.22.